The average molecular weight is 1090 g/mol. The summed E-state index contributed by atoms with van der Waals surface area (Å²) in [6, 6.07) is 43.7. The molecule has 10 aromatic rings. The van der Waals surface area contributed by atoms with E-state index < -0.39 is 31.3 Å². The van der Waals surface area contributed by atoms with E-state index in [1.54, 1.807) is 85.9 Å². The Labute approximate surface area is 435 Å². The van der Waals surface area contributed by atoms with Gasteiger partial charge in [-0.1, -0.05) is 120 Å². The molecule has 0 aliphatic heterocycles. The first-order valence-electron chi connectivity index (χ1n) is 22.1. The normalized spacial score (nSPS) is 11.7. The molecule has 2 aromatic heterocycles. The van der Waals surface area contributed by atoms with Crippen molar-refractivity contribution >= 4 is 110 Å². The summed E-state index contributed by atoms with van der Waals surface area (Å²) in [5.74, 6) is -0.692. The second-order valence-electron chi connectivity index (χ2n) is 16.2. The van der Waals surface area contributed by atoms with Gasteiger partial charge in [-0.3, -0.25) is 9.36 Å². The van der Waals surface area contributed by atoms with Crippen molar-refractivity contribution in [3.63, 3.8) is 0 Å². The number of hydrogen-bond acceptors (Lipinski definition) is 9. The number of ether oxygens (including phenoxy) is 2. The molecule has 0 saturated heterocycles. The highest BCUT2D eigenvalue weighted by Crippen LogP contribution is 2.39. The number of aromatic nitrogens is 4. The molecular weight excluding hydrogens is 1050 g/mol. The van der Waals surface area contributed by atoms with Crippen molar-refractivity contribution in [3.8, 4) is 11.5 Å². The van der Waals surface area contributed by atoms with Crippen molar-refractivity contribution in [2.24, 2.45) is 0 Å². The molecule has 72 heavy (non-hydrogen) atoms. The predicted molar refractivity (Wildman–Crippen MR) is 282 cm³/mol. The van der Waals surface area contributed by atoms with Crippen LogP contribution in [-0.4, -0.2) is 69.1 Å². The van der Waals surface area contributed by atoms with E-state index in [2.05, 4.69) is 15.5 Å². The summed E-state index contributed by atoms with van der Waals surface area (Å²) in [7, 11) is -6.47. The van der Waals surface area contributed by atoms with Gasteiger partial charge in [0.1, 0.15) is 47.4 Å². The molecule has 8 aromatic carbocycles. The zero-order valence-electron chi connectivity index (χ0n) is 38.1. The number of halogens is 6. The standard InChI is InChI=1S/C27H23ClFN3O3S.C26H19Cl2FN2O3S.ClH/c1-30-12-13-35-24-16-21(29)15-23-26(24)32(17-18-6-4-9-20(28)14-18)31-27(23)36(33,34)25-11-5-8-19-7-2-3-10-22(19)25;27-11-12-34-23-15-20(29)14-22-25(23)31(16-17-5-3-8-19(28)13-17)30-26(22)35(32,33)24-10-4-7-18-6-1-2-9-21(18)24;/h2-11,14-16,30H,12-13,17H2,1H3;1-10,13-15H,11-12,16H2;1H. The number of sulfone groups is 2. The van der Waals surface area contributed by atoms with Crippen LogP contribution in [0.25, 0.3) is 43.4 Å². The molecular formula is C53H43Cl4F2N5O6S2. The summed E-state index contributed by atoms with van der Waals surface area (Å²) in [6.45, 7) is 1.33. The van der Waals surface area contributed by atoms with Gasteiger partial charge in [0.2, 0.25) is 19.7 Å². The van der Waals surface area contributed by atoms with Crippen molar-refractivity contribution in [1.29, 1.82) is 0 Å². The van der Waals surface area contributed by atoms with Crippen molar-refractivity contribution in [2.75, 3.05) is 32.7 Å². The predicted octanol–water partition coefficient (Wildman–Crippen LogP) is 12.4. The minimum Gasteiger partial charge on any atom is -0.490 e. The lowest BCUT2D eigenvalue weighted by molar-refractivity contribution is 0.319. The Balaban J connectivity index is 0.000000190. The number of nitrogens with zero attached hydrogens (tertiary/aromatic N) is 4. The molecule has 1 N–H and O–H groups in total. The molecule has 2 heterocycles. The smallest absolute Gasteiger partial charge is 0.226 e. The van der Waals surface area contributed by atoms with Crippen LogP contribution >= 0.6 is 47.2 Å². The van der Waals surface area contributed by atoms with Crippen molar-refractivity contribution in [1.82, 2.24) is 24.9 Å². The largest absolute Gasteiger partial charge is 0.490 e. The number of nitrogens with one attached hydrogen (secondary N) is 1. The van der Waals surface area contributed by atoms with Crippen molar-refractivity contribution in [3.05, 3.63) is 191 Å². The molecule has 10 rings (SSSR count). The van der Waals surface area contributed by atoms with Crippen LogP contribution in [0.15, 0.2) is 178 Å². The molecule has 0 radical (unpaired) electrons. The van der Waals surface area contributed by atoms with Gasteiger partial charge in [0.05, 0.1) is 28.8 Å². The topological polar surface area (TPSA) is 134 Å². The summed E-state index contributed by atoms with van der Waals surface area (Å²) < 4.78 is 99.9. The van der Waals surface area contributed by atoms with Crippen LogP contribution < -0.4 is 14.8 Å². The quantitative estimate of drug-likeness (QED) is 0.0786. The Morgan fingerprint density at radius 1 is 0.542 bits per heavy atom. The van der Waals surface area contributed by atoms with Gasteiger partial charge in [-0.25, -0.2) is 25.6 Å². The van der Waals surface area contributed by atoms with E-state index in [0.717, 1.165) is 21.9 Å². The van der Waals surface area contributed by atoms with Gasteiger partial charge < -0.3 is 14.8 Å². The van der Waals surface area contributed by atoms with E-state index in [1.807, 2.05) is 48.5 Å². The highest BCUT2D eigenvalue weighted by Gasteiger charge is 2.31. The number of likely N-dealkylation sites (N-methyl/N-ethyl adjacent to an activating group) is 1. The molecule has 19 heteroatoms. The van der Waals surface area contributed by atoms with Gasteiger partial charge in [0.25, 0.3) is 0 Å². The van der Waals surface area contributed by atoms with Gasteiger partial charge in [-0.2, -0.15) is 10.2 Å². The van der Waals surface area contributed by atoms with Gasteiger partial charge in [0, 0.05) is 50.3 Å². The fourth-order valence-corrected chi connectivity index (χ4v) is 12.1. The van der Waals surface area contributed by atoms with Crippen molar-refractivity contribution in [2.45, 2.75) is 32.9 Å². The lowest BCUT2D eigenvalue weighted by Gasteiger charge is -2.11. The second-order valence-corrected chi connectivity index (χ2v) is 21.2. The van der Waals surface area contributed by atoms with E-state index in [-0.39, 0.29) is 86.7 Å². The molecule has 0 spiro atoms. The van der Waals surface area contributed by atoms with Crippen molar-refractivity contribution < 1.29 is 35.1 Å². The molecule has 0 aliphatic carbocycles. The van der Waals surface area contributed by atoms with Gasteiger partial charge in [-0.05, 0) is 77.5 Å². The number of alkyl halides is 1. The van der Waals surface area contributed by atoms with E-state index >= 15 is 0 Å². The molecule has 0 amide bonds. The summed E-state index contributed by atoms with van der Waals surface area (Å²) >= 11 is 18.1. The van der Waals surface area contributed by atoms with Crippen LogP contribution in [0.1, 0.15) is 11.1 Å². The van der Waals surface area contributed by atoms with Crippen LogP contribution in [0.2, 0.25) is 10.0 Å². The van der Waals surface area contributed by atoms with E-state index in [9.17, 15) is 25.6 Å². The molecule has 0 atom stereocenters. The Kier molecular flexibility index (Phi) is 16.1. The Bertz CT molecular complexity index is 3850. The maximum Gasteiger partial charge on any atom is 0.226 e. The minimum absolute atomic E-state index is 0. The van der Waals surface area contributed by atoms with Crippen LogP contribution in [0, 0.1) is 11.6 Å². The van der Waals surface area contributed by atoms with Crippen LogP contribution in [-0.2, 0) is 32.8 Å². The lowest BCUT2D eigenvalue weighted by atomic mass is 10.1. The summed E-state index contributed by atoms with van der Waals surface area (Å²) in [4.78, 5) is 0.203. The molecule has 370 valence electrons. The Morgan fingerprint density at radius 2 is 0.958 bits per heavy atom. The third kappa shape index (κ3) is 10.7. The minimum atomic E-state index is -4.13. The second kappa shape index (κ2) is 22.2. The molecule has 0 saturated carbocycles. The summed E-state index contributed by atoms with van der Waals surface area (Å²) in [5, 5.41) is 15.6. The first-order chi connectivity index (χ1) is 34.3. The zero-order chi connectivity index (χ0) is 49.9. The van der Waals surface area contributed by atoms with E-state index in [1.165, 1.54) is 39.7 Å². The highest BCUT2D eigenvalue weighted by atomic mass is 35.5. The number of rotatable bonds is 15. The molecule has 11 nitrogen and oxygen atoms in total. The maximum absolute atomic E-state index is 14.8. The number of benzene rings is 8. The van der Waals surface area contributed by atoms with Crippen LogP contribution in [0.5, 0.6) is 11.5 Å². The van der Waals surface area contributed by atoms with Gasteiger partial charge in [-0.15, -0.1) is 24.0 Å². The highest BCUT2D eigenvalue weighted by molar-refractivity contribution is 7.92. The lowest BCUT2D eigenvalue weighted by Crippen LogP contribution is -2.16. The summed E-state index contributed by atoms with van der Waals surface area (Å²) in [6.07, 6.45) is 0. The molecule has 0 bridgehead atoms. The fourth-order valence-electron chi connectivity index (χ4n) is 8.38. The molecule has 0 unspecified atom stereocenters. The third-order valence-corrected chi connectivity index (χ3v) is 15.6. The first-order valence-corrected chi connectivity index (χ1v) is 26.3. The Morgan fingerprint density at radius 3 is 1.39 bits per heavy atom. The zero-order valence-corrected chi connectivity index (χ0v) is 42.8. The van der Waals surface area contributed by atoms with Gasteiger partial charge in [0.15, 0.2) is 10.1 Å². The monoisotopic (exact) mass is 1090 g/mol. The molecule has 0 fully saturated rings. The fraction of sp³-hybridized carbons (Fsp3) is 0.132. The maximum atomic E-state index is 14.8. The Hall–Kier alpha value is -6.30. The SMILES string of the molecule is CNCCOc1cc(F)cc2c(S(=O)(=O)c3cccc4ccccc34)nn(Cc3cccc(Cl)c3)c12.Cl.O=S(=O)(c1cccc2ccccc12)c1nn(Cc2cccc(Cl)c2)c2c(OCCCl)cc(F)cc12. The van der Waals surface area contributed by atoms with E-state index in [0.29, 0.717) is 38.4 Å². The number of hydrogen-bond donors (Lipinski definition) is 1. The number of fused-ring (bicyclic) bond motifs is 4. The van der Waals surface area contributed by atoms with Crippen LogP contribution in [0.4, 0.5) is 8.78 Å². The van der Waals surface area contributed by atoms with Gasteiger partial charge >= 0.3 is 0 Å². The average Bonchev–Trinajstić information content (AvgIpc) is 3.91. The third-order valence-electron chi connectivity index (χ3n) is 11.5. The first kappa shape index (κ1) is 52.0. The summed E-state index contributed by atoms with van der Waals surface area (Å²) in [5.41, 5.74) is 2.36. The van der Waals surface area contributed by atoms with E-state index in [4.69, 9.17) is 44.3 Å². The van der Waals surface area contributed by atoms with Crippen LogP contribution in [0.3, 0.4) is 0 Å². The molecule has 0 aliphatic rings.